The molecule has 2 aliphatic rings. The molecule has 0 aromatic heterocycles. The number of rotatable bonds is 0. The van der Waals surface area contributed by atoms with Crippen LogP contribution in [0.4, 0.5) is 13.2 Å². The Morgan fingerprint density at radius 2 is 2.06 bits per heavy atom. The second kappa shape index (κ2) is 4.78. The first-order valence-electron chi connectivity index (χ1n) is 5.58. The van der Waals surface area contributed by atoms with E-state index in [1.54, 1.807) is 0 Å². The Morgan fingerprint density at radius 1 is 1.35 bits per heavy atom. The highest BCUT2D eigenvalue weighted by Gasteiger charge is 2.40. The molecule has 1 amide bonds. The Bertz CT molecular complexity index is 353. The highest BCUT2D eigenvalue weighted by Crippen LogP contribution is 2.39. The van der Waals surface area contributed by atoms with Crippen LogP contribution in [0.25, 0.3) is 0 Å². The monoisotopic (exact) mass is 359 g/mol. The van der Waals surface area contributed by atoms with E-state index in [-0.39, 0.29) is 28.2 Å². The van der Waals surface area contributed by atoms with E-state index in [4.69, 9.17) is 0 Å². The highest BCUT2D eigenvalue weighted by molar-refractivity contribution is 14.1. The van der Waals surface area contributed by atoms with Crippen LogP contribution < -0.4 is 5.32 Å². The van der Waals surface area contributed by atoms with Crippen LogP contribution in [0.3, 0.4) is 0 Å². The van der Waals surface area contributed by atoms with Gasteiger partial charge in [-0.25, -0.2) is 0 Å². The molecule has 0 saturated carbocycles. The fourth-order valence-electron chi connectivity index (χ4n) is 2.45. The van der Waals surface area contributed by atoms with E-state index < -0.39 is 11.7 Å². The van der Waals surface area contributed by atoms with Crippen LogP contribution in [-0.4, -0.2) is 22.0 Å². The molecule has 3 unspecified atom stereocenters. The Hall–Kier alpha value is -0.270. The number of nitrogens with one attached hydrogen (secondary N) is 1. The molecule has 17 heavy (non-hydrogen) atoms. The lowest BCUT2D eigenvalue weighted by Gasteiger charge is -2.30. The van der Waals surface area contributed by atoms with Crippen molar-refractivity contribution in [3.63, 3.8) is 0 Å². The molecule has 2 nitrogen and oxygen atoms in total. The van der Waals surface area contributed by atoms with Gasteiger partial charge in [0, 0.05) is 11.6 Å². The number of carbonyl (C=O) groups is 1. The van der Waals surface area contributed by atoms with Gasteiger partial charge >= 0.3 is 6.18 Å². The number of alkyl halides is 4. The summed E-state index contributed by atoms with van der Waals surface area (Å²) in [5.41, 5.74) is -0.431. The molecule has 0 radical (unpaired) electrons. The topological polar surface area (TPSA) is 29.1 Å². The number of fused-ring (bicyclic) bond motifs is 1. The molecule has 2 rings (SSSR count). The van der Waals surface area contributed by atoms with Gasteiger partial charge < -0.3 is 5.32 Å². The summed E-state index contributed by atoms with van der Waals surface area (Å²) in [6.45, 7) is 0. The zero-order chi connectivity index (χ0) is 12.6. The first-order chi connectivity index (χ1) is 7.88. The zero-order valence-corrected chi connectivity index (χ0v) is 11.2. The molecule has 0 aromatic rings. The van der Waals surface area contributed by atoms with Crippen LogP contribution in [0.15, 0.2) is 11.6 Å². The van der Waals surface area contributed by atoms with Crippen molar-refractivity contribution >= 4 is 28.5 Å². The molecule has 1 heterocycles. The quantitative estimate of drug-likeness (QED) is 0.402. The van der Waals surface area contributed by atoms with Crippen molar-refractivity contribution in [3.05, 3.63) is 11.6 Å². The van der Waals surface area contributed by atoms with Crippen molar-refractivity contribution in [2.75, 3.05) is 0 Å². The van der Waals surface area contributed by atoms with E-state index in [9.17, 15) is 18.0 Å². The van der Waals surface area contributed by atoms with Gasteiger partial charge in [-0.05, 0) is 31.6 Å². The molecule has 1 fully saturated rings. The third-order valence-electron chi connectivity index (χ3n) is 3.44. The molecule has 6 heteroatoms. The maximum absolute atomic E-state index is 12.6. The molecule has 0 aromatic carbocycles. The SMILES string of the molecule is O=C1NC2CC=C(C(F)(F)F)CC2CCC1I. The van der Waals surface area contributed by atoms with E-state index in [0.717, 1.165) is 0 Å². The average Bonchev–Trinajstić information content (AvgIpc) is 2.38. The van der Waals surface area contributed by atoms with E-state index in [0.29, 0.717) is 19.3 Å². The fraction of sp³-hybridized carbons (Fsp3) is 0.727. The number of halogens is 4. The van der Waals surface area contributed by atoms with Crippen LogP contribution in [0.1, 0.15) is 25.7 Å². The van der Waals surface area contributed by atoms with Crippen molar-refractivity contribution in [1.82, 2.24) is 5.32 Å². The van der Waals surface area contributed by atoms with Gasteiger partial charge in [0.25, 0.3) is 0 Å². The smallest absolute Gasteiger partial charge is 0.352 e. The van der Waals surface area contributed by atoms with Crippen molar-refractivity contribution in [3.8, 4) is 0 Å². The van der Waals surface area contributed by atoms with Gasteiger partial charge in [0.2, 0.25) is 5.91 Å². The molecular weight excluding hydrogens is 346 g/mol. The van der Waals surface area contributed by atoms with Gasteiger partial charge in [-0.3, -0.25) is 4.79 Å². The summed E-state index contributed by atoms with van der Waals surface area (Å²) in [5.74, 6) is -0.109. The predicted molar refractivity (Wildman–Crippen MR) is 65.8 cm³/mol. The molecule has 96 valence electrons. The number of carbonyl (C=O) groups excluding carboxylic acids is 1. The summed E-state index contributed by atoms with van der Waals surface area (Å²) in [4.78, 5) is 11.6. The van der Waals surface area contributed by atoms with Crippen LogP contribution in [0.5, 0.6) is 0 Å². The van der Waals surface area contributed by atoms with Gasteiger partial charge in [0.05, 0.1) is 3.92 Å². The van der Waals surface area contributed by atoms with Gasteiger partial charge in [-0.1, -0.05) is 28.7 Å². The number of hydrogen-bond donors (Lipinski definition) is 1. The first kappa shape index (κ1) is 13.2. The Labute approximate surface area is 111 Å². The Morgan fingerprint density at radius 3 is 2.71 bits per heavy atom. The molecule has 1 aliphatic carbocycles. The predicted octanol–water partition coefficient (Wildman–Crippen LogP) is 2.97. The summed E-state index contributed by atoms with van der Waals surface area (Å²) < 4.78 is 37.7. The van der Waals surface area contributed by atoms with Crippen molar-refractivity contribution in [1.29, 1.82) is 0 Å². The summed E-state index contributed by atoms with van der Waals surface area (Å²) in [7, 11) is 0. The van der Waals surface area contributed by atoms with Crippen LogP contribution >= 0.6 is 22.6 Å². The number of allylic oxidation sites excluding steroid dienone is 1. The number of amides is 1. The van der Waals surface area contributed by atoms with E-state index in [1.165, 1.54) is 6.08 Å². The minimum absolute atomic E-state index is 0.0395. The minimum Gasteiger partial charge on any atom is -0.352 e. The van der Waals surface area contributed by atoms with Crippen LogP contribution in [-0.2, 0) is 4.79 Å². The molecule has 1 aliphatic heterocycles. The third-order valence-corrected chi connectivity index (χ3v) is 4.62. The first-order valence-corrected chi connectivity index (χ1v) is 6.83. The Kier molecular flexibility index (Phi) is 3.70. The molecule has 3 atom stereocenters. The number of hydrogen-bond acceptors (Lipinski definition) is 1. The summed E-state index contributed by atoms with van der Waals surface area (Å²) in [6.07, 6.45) is -1.30. The van der Waals surface area contributed by atoms with Crippen LogP contribution in [0, 0.1) is 5.92 Å². The average molecular weight is 359 g/mol. The lowest BCUT2D eigenvalue weighted by Crippen LogP contribution is -2.42. The molecule has 1 saturated heterocycles. The Balaban J connectivity index is 2.12. The second-order valence-electron chi connectivity index (χ2n) is 4.59. The van der Waals surface area contributed by atoms with Crippen molar-refractivity contribution in [2.45, 2.75) is 41.8 Å². The van der Waals surface area contributed by atoms with Crippen LogP contribution in [0.2, 0.25) is 0 Å². The van der Waals surface area contributed by atoms with E-state index in [2.05, 4.69) is 27.9 Å². The minimum atomic E-state index is -4.22. The van der Waals surface area contributed by atoms with E-state index >= 15 is 0 Å². The summed E-state index contributed by atoms with van der Waals surface area (Å²) in [6, 6.07) is -0.117. The van der Waals surface area contributed by atoms with Gasteiger partial charge in [0.15, 0.2) is 0 Å². The maximum Gasteiger partial charge on any atom is 0.412 e. The van der Waals surface area contributed by atoms with Gasteiger partial charge in [-0.15, -0.1) is 0 Å². The highest BCUT2D eigenvalue weighted by atomic mass is 127. The van der Waals surface area contributed by atoms with Crippen molar-refractivity contribution in [2.24, 2.45) is 5.92 Å². The standard InChI is InChI=1S/C11H13F3INO/c12-11(13,14)7-2-4-9-6(5-7)1-3-8(15)10(17)16-9/h2,6,8-9H,1,3-5H2,(H,16,17). The van der Waals surface area contributed by atoms with Gasteiger partial charge in [-0.2, -0.15) is 13.2 Å². The fourth-order valence-corrected chi connectivity index (χ4v) is 2.99. The molecular formula is C11H13F3INO. The lowest BCUT2D eigenvalue weighted by atomic mass is 9.82. The third kappa shape index (κ3) is 2.95. The van der Waals surface area contributed by atoms with E-state index in [1.807, 2.05) is 0 Å². The normalized spacial score (nSPS) is 34.5. The zero-order valence-electron chi connectivity index (χ0n) is 9.06. The van der Waals surface area contributed by atoms with Crippen molar-refractivity contribution < 1.29 is 18.0 Å². The second-order valence-corrected chi connectivity index (χ2v) is 6.09. The molecule has 0 spiro atoms. The molecule has 0 bridgehead atoms. The van der Waals surface area contributed by atoms with Gasteiger partial charge in [0.1, 0.15) is 0 Å². The largest absolute Gasteiger partial charge is 0.412 e. The summed E-state index contributed by atoms with van der Waals surface area (Å²) >= 11 is 2.05. The lowest BCUT2D eigenvalue weighted by molar-refractivity contribution is -0.120. The summed E-state index contributed by atoms with van der Waals surface area (Å²) in [5, 5.41) is 2.84. The maximum atomic E-state index is 12.6. The molecule has 1 N–H and O–H groups in total.